The van der Waals surface area contributed by atoms with E-state index in [-0.39, 0.29) is 51.4 Å². The third-order valence-corrected chi connectivity index (χ3v) is 4.97. The van der Waals surface area contributed by atoms with Crippen LogP contribution in [0.5, 0.6) is 0 Å². The summed E-state index contributed by atoms with van der Waals surface area (Å²) < 4.78 is 0. The topological polar surface area (TPSA) is 110 Å². The van der Waals surface area contributed by atoms with Crippen LogP contribution < -0.4 is 56.5 Å². The summed E-state index contributed by atoms with van der Waals surface area (Å²) in [6.07, 6.45) is 4.57. The molecule has 0 bridgehead atoms. The zero-order chi connectivity index (χ0) is 20.8. The fourth-order valence-corrected chi connectivity index (χ4v) is 3.61. The molecule has 1 aromatic carbocycles. The van der Waals surface area contributed by atoms with Crippen LogP contribution in [0.25, 0.3) is 22.2 Å². The second-order valence-corrected chi connectivity index (χ2v) is 7.16. The van der Waals surface area contributed by atoms with Crippen molar-refractivity contribution in [1.29, 1.82) is 5.26 Å². The van der Waals surface area contributed by atoms with E-state index in [0.717, 1.165) is 60.5 Å². The third-order valence-electron chi connectivity index (χ3n) is 4.97. The van der Waals surface area contributed by atoms with Crippen molar-refractivity contribution in [3.63, 3.8) is 0 Å². The van der Waals surface area contributed by atoms with Crippen molar-refractivity contribution in [1.82, 2.24) is 9.97 Å². The molecule has 2 heterocycles. The summed E-state index contributed by atoms with van der Waals surface area (Å²) in [6.45, 7) is 1.08. The van der Waals surface area contributed by atoms with Gasteiger partial charge in [-0.15, -0.1) is 6.10 Å². The Morgan fingerprint density at radius 2 is 1.87 bits per heavy atom. The maximum atomic E-state index is 11.6. The fraction of sp³-hybridized carbons (Fsp3) is 0.304. The molecule has 148 valence electrons. The van der Waals surface area contributed by atoms with Crippen molar-refractivity contribution in [3.8, 4) is 17.3 Å². The van der Waals surface area contributed by atoms with Gasteiger partial charge < -0.3 is 10.2 Å². The number of carbonyl (C=O) groups is 1. The van der Waals surface area contributed by atoms with Crippen LogP contribution in [0.2, 0.25) is 0 Å². The molecule has 2 aromatic heterocycles. The summed E-state index contributed by atoms with van der Waals surface area (Å²) in [5, 5.41) is 29.3. The van der Waals surface area contributed by atoms with Gasteiger partial charge in [0.25, 0.3) is 5.97 Å². The summed E-state index contributed by atoms with van der Waals surface area (Å²) in [4.78, 5) is 18.4. The van der Waals surface area contributed by atoms with Gasteiger partial charge in [-0.05, 0) is 37.1 Å². The molecule has 0 atom stereocenters. The Labute approximate surface area is 218 Å². The predicted molar refractivity (Wildman–Crippen MR) is 108 cm³/mol. The van der Waals surface area contributed by atoms with Crippen LogP contribution in [0, 0.1) is 11.3 Å². The minimum Gasteiger partial charge on any atom is -0.852 e. The van der Waals surface area contributed by atoms with Crippen molar-refractivity contribution in [2.24, 2.45) is 0 Å². The van der Waals surface area contributed by atoms with Crippen LogP contribution >= 0.6 is 0 Å². The van der Waals surface area contributed by atoms with Crippen LogP contribution in [-0.2, 0) is 4.79 Å². The SMILES string of the molecule is CC(=O)O.N#Cc1cccc(-c2nc(C3CCC([O-])CC3)cc3cccnc23)c1.[K+]. The van der Waals surface area contributed by atoms with Crippen molar-refractivity contribution in [2.45, 2.75) is 44.6 Å². The summed E-state index contributed by atoms with van der Waals surface area (Å²) >= 11 is 0. The molecule has 1 fully saturated rings. The van der Waals surface area contributed by atoms with Gasteiger partial charge in [0.05, 0.1) is 22.8 Å². The Hall–Kier alpha value is -1.66. The van der Waals surface area contributed by atoms with E-state index in [9.17, 15) is 10.4 Å². The number of fused-ring (bicyclic) bond motifs is 1. The van der Waals surface area contributed by atoms with Gasteiger partial charge in [0.1, 0.15) is 0 Å². The molecule has 4 rings (SSSR count). The number of nitriles is 1. The number of aromatic nitrogens is 2. The van der Waals surface area contributed by atoms with Crippen molar-refractivity contribution >= 4 is 16.9 Å². The van der Waals surface area contributed by atoms with E-state index >= 15 is 0 Å². The van der Waals surface area contributed by atoms with Gasteiger partial charge in [0.15, 0.2) is 0 Å². The number of hydrogen-bond acceptors (Lipinski definition) is 5. The predicted octanol–water partition coefficient (Wildman–Crippen LogP) is 0.650. The number of nitrogens with zero attached hydrogens (tertiary/aromatic N) is 3. The largest absolute Gasteiger partial charge is 1.00 e. The van der Waals surface area contributed by atoms with Crippen LogP contribution in [0.3, 0.4) is 0 Å². The molecule has 30 heavy (non-hydrogen) atoms. The van der Waals surface area contributed by atoms with Gasteiger partial charge in [0, 0.05) is 35.7 Å². The van der Waals surface area contributed by atoms with E-state index in [1.165, 1.54) is 0 Å². The molecule has 0 unspecified atom stereocenters. The molecule has 0 amide bonds. The molecule has 3 aromatic rings. The average molecular weight is 428 g/mol. The second-order valence-electron chi connectivity index (χ2n) is 7.16. The Kier molecular flexibility index (Phi) is 9.56. The Balaban J connectivity index is 0.000000591. The first kappa shape index (κ1) is 24.6. The molecule has 0 radical (unpaired) electrons. The van der Waals surface area contributed by atoms with Crippen LogP contribution in [-0.4, -0.2) is 27.1 Å². The molecular formula is C23H22KN3O3. The molecule has 1 aliphatic carbocycles. The summed E-state index contributed by atoms with van der Waals surface area (Å²) in [6, 6.07) is 15.8. The minimum atomic E-state index is -0.833. The van der Waals surface area contributed by atoms with Gasteiger partial charge >= 0.3 is 51.4 Å². The van der Waals surface area contributed by atoms with Crippen molar-refractivity contribution in [3.05, 3.63) is 59.9 Å². The molecule has 0 aliphatic heterocycles. The molecule has 0 spiro atoms. The fourth-order valence-electron chi connectivity index (χ4n) is 3.61. The quantitative estimate of drug-likeness (QED) is 0.602. The van der Waals surface area contributed by atoms with Crippen LogP contribution in [0.4, 0.5) is 0 Å². The molecule has 1 aliphatic rings. The summed E-state index contributed by atoms with van der Waals surface area (Å²) in [5.41, 5.74) is 4.21. The number of hydrogen-bond donors (Lipinski definition) is 1. The zero-order valence-corrected chi connectivity index (χ0v) is 20.3. The Morgan fingerprint density at radius 1 is 1.17 bits per heavy atom. The normalized spacial score (nSPS) is 17.8. The van der Waals surface area contributed by atoms with E-state index in [4.69, 9.17) is 14.9 Å². The maximum absolute atomic E-state index is 11.6. The Bertz CT molecular complexity index is 1050. The molecule has 0 saturated heterocycles. The maximum Gasteiger partial charge on any atom is 1.00 e. The molecule has 6 nitrogen and oxygen atoms in total. The van der Waals surface area contributed by atoms with Crippen molar-refractivity contribution < 1.29 is 66.4 Å². The zero-order valence-electron chi connectivity index (χ0n) is 17.2. The van der Waals surface area contributed by atoms with Gasteiger partial charge in [0.2, 0.25) is 0 Å². The van der Waals surface area contributed by atoms with E-state index in [0.29, 0.717) is 11.5 Å². The third kappa shape index (κ3) is 6.41. The Morgan fingerprint density at radius 3 is 2.53 bits per heavy atom. The smallest absolute Gasteiger partial charge is 0.852 e. The van der Waals surface area contributed by atoms with E-state index in [1.807, 2.05) is 30.3 Å². The van der Waals surface area contributed by atoms with E-state index in [2.05, 4.69) is 17.1 Å². The van der Waals surface area contributed by atoms with E-state index < -0.39 is 12.1 Å². The van der Waals surface area contributed by atoms with Gasteiger partial charge in [-0.3, -0.25) is 14.8 Å². The molecule has 7 heteroatoms. The first-order valence-electron chi connectivity index (χ1n) is 9.59. The van der Waals surface area contributed by atoms with Crippen molar-refractivity contribution in [2.75, 3.05) is 0 Å². The van der Waals surface area contributed by atoms with Crippen LogP contribution in [0.15, 0.2) is 48.7 Å². The van der Waals surface area contributed by atoms with E-state index in [1.54, 1.807) is 12.3 Å². The van der Waals surface area contributed by atoms with Gasteiger partial charge in [-0.2, -0.15) is 5.26 Å². The number of aliphatic carboxylic acids is 1. The molecule has 1 N–H and O–H groups in total. The van der Waals surface area contributed by atoms with Crippen LogP contribution in [0.1, 0.15) is 49.8 Å². The minimum absolute atomic E-state index is 0. The second kappa shape index (κ2) is 11.7. The number of pyridine rings is 2. The first-order chi connectivity index (χ1) is 14.0. The monoisotopic (exact) mass is 427 g/mol. The standard InChI is InChI=1S/C21H18N3O.C2H4O2.K/c22-13-14-3-1-4-16(11-14)21-20-17(5-2-10-23-20)12-19(24-21)15-6-8-18(25)9-7-15;1-2(3)4;/h1-5,10-12,15,18H,6-9H2;1H3,(H,3,4);/q-1;;+1. The number of rotatable bonds is 2. The first-order valence-corrected chi connectivity index (χ1v) is 9.59. The van der Waals surface area contributed by atoms with Gasteiger partial charge in [-0.1, -0.05) is 31.0 Å². The summed E-state index contributed by atoms with van der Waals surface area (Å²) in [7, 11) is 0. The summed E-state index contributed by atoms with van der Waals surface area (Å²) in [5.74, 6) is -0.507. The molecule has 1 saturated carbocycles. The van der Waals surface area contributed by atoms with Gasteiger partial charge in [-0.25, -0.2) is 0 Å². The number of carboxylic acid groups (broad SMARTS) is 1. The number of benzene rings is 1. The molecular weight excluding hydrogens is 405 g/mol. The average Bonchev–Trinajstić information content (AvgIpc) is 2.73. The number of carboxylic acids is 1.